The number of carbonyl (C=O) groups excluding carboxylic acids is 1. The quantitative estimate of drug-likeness (QED) is 0.530. The molecule has 0 spiro atoms. The van der Waals surface area contributed by atoms with E-state index in [4.69, 9.17) is 5.73 Å². The van der Waals surface area contributed by atoms with E-state index >= 15 is 0 Å². The highest BCUT2D eigenvalue weighted by Gasteiger charge is 2.12. The van der Waals surface area contributed by atoms with E-state index in [1.165, 1.54) is 25.9 Å². The Morgan fingerprint density at radius 3 is 2.81 bits per heavy atom. The van der Waals surface area contributed by atoms with Crippen LogP contribution in [0.2, 0.25) is 0 Å². The summed E-state index contributed by atoms with van der Waals surface area (Å²) in [6.45, 7) is 6.96. The van der Waals surface area contributed by atoms with Gasteiger partial charge in [-0.15, -0.1) is 0 Å². The Hall–Kier alpha value is -1.75. The van der Waals surface area contributed by atoms with Gasteiger partial charge in [-0.05, 0) is 64.0 Å². The van der Waals surface area contributed by atoms with Gasteiger partial charge in [-0.3, -0.25) is 4.79 Å². The Morgan fingerprint density at radius 1 is 1.33 bits per heavy atom. The van der Waals surface area contributed by atoms with Gasteiger partial charge in [0.2, 0.25) is 0 Å². The molecule has 0 aliphatic carbocycles. The van der Waals surface area contributed by atoms with Crippen molar-refractivity contribution in [2.75, 3.05) is 43.8 Å². The monoisotopic (exact) mass is 290 g/mol. The van der Waals surface area contributed by atoms with Gasteiger partial charge in [0.05, 0.1) is 5.56 Å². The zero-order valence-electron chi connectivity index (χ0n) is 12.8. The van der Waals surface area contributed by atoms with Crippen molar-refractivity contribution >= 4 is 17.3 Å². The number of nitrogens with two attached hydrogens (primary N) is 1. The maximum absolute atomic E-state index is 12.0. The van der Waals surface area contributed by atoms with E-state index in [1.54, 1.807) is 12.1 Å². The van der Waals surface area contributed by atoms with Gasteiger partial charge in [0.25, 0.3) is 5.91 Å². The Kier molecular flexibility index (Phi) is 5.87. The summed E-state index contributed by atoms with van der Waals surface area (Å²) in [4.78, 5) is 14.5. The lowest BCUT2D eigenvalue weighted by atomic mass is 10.1. The van der Waals surface area contributed by atoms with Crippen LogP contribution in [0.15, 0.2) is 18.2 Å². The third-order valence-corrected chi connectivity index (χ3v) is 3.79. The van der Waals surface area contributed by atoms with Crippen LogP contribution in [0.4, 0.5) is 11.4 Å². The minimum atomic E-state index is -0.0560. The molecule has 2 rings (SSSR count). The molecule has 116 valence electrons. The molecule has 1 aliphatic rings. The van der Waals surface area contributed by atoms with E-state index in [2.05, 4.69) is 15.5 Å². The lowest BCUT2D eigenvalue weighted by molar-refractivity contribution is 0.0956. The summed E-state index contributed by atoms with van der Waals surface area (Å²) in [7, 11) is 0. The molecule has 1 aliphatic heterocycles. The first-order valence-electron chi connectivity index (χ1n) is 7.84. The maximum atomic E-state index is 12.0. The van der Waals surface area contributed by atoms with E-state index in [9.17, 15) is 4.79 Å². The minimum absolute atomic E-state index is 0.0560. The topological polar surface area (TPSA) is 70.4 Å². The fraction of sp³-hybridized carbons (Fsp3) is 0.562. The normalized spacial score (nSPS) is 15.1. The number of carbonyl (C=O) groups is 1. The van der Waals surface area contributed by atoms with Gasteiger partial charge in [0, 0.05) is 24.5 Å². The maximum Gasteiger partial charge on any atom is 0.253 e. The van der Waals surface area contributed by atoms with E-state index < -0.39 is 0 Å². The second kappa shape index (κ2) is 7.88. The van der Waals surface area contributed by atoms with Crippen molar-refractivity contribution in [2.45, 2.75) is 26.2 Å². The highest BCUT2D eigenvalue weighted by atomic mass is 16.1. The van der Waals surface area contributed by atoms with E-state index in [0.29, 0.717) is 17.8 Å². The molecule has 0 unspecified atom stereocenters. The average Bonchev–Trinajstić information content (AvgIpc) is 2.97. The zero-order valence-corrected chi connectivity index (χ0v) is 12.8. The Bertz CT molecular complexity index is 469. The Balaban J connectivity index is 1.88. The SMILES string of the molecule is CCNC(=O)c1ccc(N)cc1NCCCN1CCCC1. The highest BCUT2D eigenvalue weighted by Crippen LogP contribution is 2.19. The number of hydrogen-bond acceptors (Lipinski definition) is 4. The van der Waals surface area contributed by atoms with Crippen molar-refractivity contribution in [3.8, 4) is 0 Å². The first-order chi connectivity index (χ1) is 10.2. The molecule has 1 amide bonds. The summed E-state index contributed by atoms with van der Waals surface area (Å²) in [5.74, 6) is -0.0560. The van der Waals surface area contributed by atoms with Crippen LogP contribution in [0.25, 0.3) is 0 Å². The molecule has 1 heterocycles. The van der Waals surface area contributed by atoms with Gasteiger partial charge in [-0.2, -0.15) is 0 Å². The molecule has 1 fully saturated rings. The summed E-state index contributed by atoms with van der Waals surface area (Å²) in [5, 5.41) is 6.18. The molecule has 0 bridgehead atoms. The molecule has 1 aromatic rings. The summed E-state index contributed by atoms with van der Waals surface area (Å²) < 4.78 is 0. The van der Waals surface area contributed by atoms with Crippen molar-refractivity contribution in [3.63, 3.8) is 0 Å². The number of nitrogen functional groups attached to an aromatic ring is 1. The summed E-state index contributed by atoms with van der Waals surface area (Å²) >= 11 is 0. The number of rotatable bonds is 7. The van der Waals surface area contributed by atoms with Gasteiger partial charge >= 0.3 is 0 Å². The molecule has 0 radical (unpaired) electrons. The average molecular weight is 290 g/mol. The molecule has 5 heteroatoms. The van der Waals surface area contributed by atoms with Crippen LogP contribution in [0.1, 0.15) is 36.5 Å². The number of likely N-dealkylation sites (tertiary alicyclic amines) is 1. The number of benzene rings is 1. The van der Waals surface area contributed by atoms with E-state index in [0.717, 1.165) is 25.2 Å². The molecule has 0 atom stereocenters. The van der Waals surface area contributed by atoms with Crippen molar-refractivity contribution in [1.82, 2.24) is 10.2 Å². The molecule has 4 N–H and O–H groups in total. The third kappa shape index (κ3) is 4.63. The van der Waals surface area contributed by atoms with Gasteiger partial charge in [-0.25, -0.2) is 0 Å². The standard InChI is InChI=1S/C16H26N4O/c1-2-18-16(21)14-7-6-13(17)12-15(14)19-8-5-11-20-9-3-4-10-20/h6-7,12,19H,2-5,8-11,17H2,1H3,(H,18,21). The zero-order chi connectivity index (χ0) is 15.1. The van der Waals surface area contributed by atoms with Crippen LogP contribution in [0.5, 0.6) is 0 Å². The molecular formula is C16H26N4O. The van der Waals surface area contributed by atoms with Gasteiger partial charge in [0.1, 0.15) is 0 Å². The van der Waals surface area contributed by atoms with Crippen LogP contribution in [-0.2, 0) is 0 Å². The molecule has 0 aromatic heterocycles. The van der Waals surface area contributed by atoms with Crippen molar-refractivity contribution in [1.29, 1.82) is 0 Å². The van der Waals surface area contributed by atoms with Crippen molar-refractivity contribution < 1.29 is 4.79 Å². The Morgan fingerprint density at radius 2 is 2.10 bits per heavy atom. The summed E-state index contributed by atoms with van der Waals surface area (Å²) in [5.41, 5.74) is 7.98. The molecule has 5 nitrogen and oxygen atoms in total. The third-order valence-electron chi connectivity index (χ3n) is 3.79. The number of nitrogens with one attached hydrogen (secondary N) is 2. The van der Waals surface area contributed by atoms with Crippen LogP contribution >= 0.6 is 0 Å². The fourth-order valence-electron chi connectivity index (χ4n) is 2.69. The number of nitrogens with zero attached hydrogens (tertiary/aromatic N) is 1. The lowest BCUT2D eigenvalue weighted by Gasteiger charge is -2.16. The highest BCUT2D eigenvalue weighted by molar-refractivity contribution is 6.00. The van der Waals surface area contributed by atoms with Crippen LogP contribution < -0.4 is 16.4 Å². The van der Waals surface area contributed by atoms with Crippen molar-refractivity contribution in [3.05, 3.63) is 23.8 Å². The van der Waals surface area contributed by atoms with Gasteiger partial charge in [-0.1, -0.05) is 0 Å². The Labute approximate surface area is 126 Å². The smallest absolute Gasteiger partial charge is 0.253 e. The second-order valence-electron chi connectivity index (χ2n) is 5.49. The minimum Gasteiger partial charge on any atom is -0.399 e. The van der Waals surface area contributed by atoms with E-state index in [1.807, 2.05) is 13.0 Å². The molecule has 1 aromatic carbocycles. The fourth-order valence-corrected chi connectivity index (χ4v) is 2.69. The first-order valence-corrected chi connectivity index (χ1v) is 7.84. The predicted octanol–water partition coefficient (Wildman–Crippen LogP) is 1.92. The van der Waals surface area contributed by atoms with Crippen molar-refractivity contribution in [2.24, 2.45) is 0 Å². The summed E-state index contributed by atoms with van der Waals surface area (Å²) in [6.07, 6.45) is 3.72. The van der Waals surface area contributed by atoms with Crippen LogP contribution in [0, 0.1) is 0 Å². The van der Waals surface area contributed by atoms with Gasteiger partial charge < -0.3 is 21.3 Å². The van der Waals surface area contributed by atoms with Gasteiger partial charge in [0.15, 0.2) is 0 Å². The van der Waals surface area contributed by atoms with E-state index in [-0.39, 0.29) is 5.91 Å². The molecule has 1 saturated heterocycles. The molecule has 0 saturated carbocycles. The summed E-state index contributed by atoms with van der Waals surface area (Å²) in [6, 6.07) is 5.38. The molecular weight excluding hydrogens is 264 g/mol. The number of amides is 1. The molecule has 21 heavy (non-hydrogen) atoms. The van der Waals surface area contributed by atoms with Crippen LogP contribution in [0.3, 0.4) is 0 Å². The number of anilines is 2. The largest absolute Gasteiger partial charge is 0.399 e. The second-order valence-corrected chi connectivity index (χ2v) is 5.49. The first kappa shape index (κ1) is 15.6. The number of hydrogen-bond donors (Lipinski definition) is 3. The predicted molar refractivity (Wildman–Crippen MR) is 87.6 cm³/mol. The lowest BCUT2D eigenvalue weighted by Crippen LogP contribution is -2.25. The van der Waals surface area contributed by atoms with Crippen LogP contribution in [-0.4, -0.2) is 43.5 Å².